The van der Waals surface area contributed by atoms with Crippen LogP contribution in [-0.2, 0) is 0 Å². The molecule has 0 fully saturated rings. The van der Waals surface area contributed by atoms with Crippen molar-refractivity contribution in [3.8, 4) is 6.07 Å². The van der Waals surface area contributed by atoms with Crippen molar-refractivity contribution >= 4 is 11.0 Å². The van der Waals surface area contributed by atoms with Crippen LogP contribution in [0.2, 0.25) is 0 Å². The van der Waals surface area contributed by atoms with Gasteiger partial charge in [-0.3, -0.25) is 0 Å². The van der Waals surface area contributed by atoms with Gasteiger partial charge in [-0.1, -0.05) is 22.9 Å². The number of nitriles is 1. The Bertz CT molecular complexity index is 570. The minimum Gasteiger partial charge on any atom is -0.223 e. The van der Waals surface area contributed by atoms with Crippen molar-refractivity contribution in [2.45, 2.75) is 19.9 Å². The van der Waals surface area contributed by atoms with Gasteiger partial charge in [-0.05, 0) is 32.1 Å². The SMILES string of the molecule is CC(C)=CC(C#N)n1nnc2ccccc21. The van der Waals surface area contributed by atoms with Crippen LogP contribution in [0, 0.1) is 11.3 Å². The van der Waals surface area contributed by atoms with Crippen LogP contribution < -0.4 is 0 Å². The van der Waals surface area contributed by atoms with E-state index < -0.39 is 6.04 Å². The number of hydrogen-bond acceptors (Lipinski definition) is 3. The van der Waals surface area contributed by atoms with Crippen molar-refractivity contribution in [3.05, 3.63) is 35.9 Å². The lowest BCUT2D eigenvalue weighted by atomic mass is 10.2. The van der Waals surface area contributed by atoms with Crippen LogP contribution in [0.4, 0.5) is 0 Å². The zero-order valence-corrected chi connectivity index (χ0v) is 9.25. The van der Waals surface area contributed by atoms with E-state index in [0.29, 0.717) is 0 Å². The first kappa shape index (κ1) is 10.4. The summed E-state index contributed by atoms with van der Waals surface area (Å²) in [6, 6.07) is 9.44. The average molecular weight is 212 g/mol. The van der Waals surface area contributed by atoms with E-state index in [1.165, 1.54) is 0 Å². The molecule has 80 valence electrons. The Labute approximate surface area is 93.8 Å². The lowest BCUT2D eigenvalue weighted by Gasteiger charge is -2.05. The fraction of sp³-hybridized carbons (Fsp3) is 0.250. The molecule has 0 aliphatic carbocycles. The molecular weight excluding hydrogens is 200 g/mol. The minimum absolute atomic E-state index is 0.391. The molecule has 0 aliphatic heterocycles. The predicted molar refractivity (Wildman–Crippen MR) is 61.6 cm³/mol. The third kappa shape index (κ3) is 1.80. The standard InChI is InChI=1S/C12H12N4/c1-9(2)7-10(8-13)16-12-6-4-3-5-11(12)14-15-16/h3-7,10H,1-2H3. The highest BCUT2D eigenvalue weighted by molar-refractivity contribution is 5.74. The highest BCUT2D eigenvalue weighted by Crippen LogP contribution is 2.16. The Morgan fingerprint density at radius 3 is 2.88 bits per heavy atom. The summed E-state index contributed by atoms with van der Waals surface area (Å²) in [6.07, 6.45) is 1.88. The van der Waals surface area contributed by atoms with E-state index in [1.807, 2.05) is 44.2 Å². The number of aromatic nitrogens is 3. The maximum Gasteiger partial charge on any atom is 0.159 e. The summed E-state index contributed by atoms with van der Waals surface area (Å²) in [5, 5.41) is 17.2. The molecule has 0 bridgehead atoms. The Morgan fingerprint density at radius 1 is 1.44 bits per heavy atom. The summed E-state index contributed by atoms with van der Waals surface area (Å²) in [5.41, 5.74) is 2.78. The number of allylic oxidation sites excluding steroid dienone is 2. The van der Waals surface area contributed by atoms with Gasteiger partial charge in [0.15, 0.2) is 6.04 Å². The summed E-state index contributed by atoms with van der Waals surface area (Å²) in [6.45, 7) is 3.92. The van der Waals surface area contributed by atoms with Crippen LogP contribution >= 0.6 is 0 Å². The van der Waals surface area contributed by atoms with Crippen molar-refractivity contribution in [3.63, 3.8) is 0 Å². The second kappa shape index (κ2) is 4.15. The van der Waals surface area contributed by atoms with Gasteiger partial charge in [-0.2, -0.15) is 5.26 Å². The van der Waals surface area contributed by atoms with Crippen LogP contribution in [0.3, 0.4) is 0 Å². The van der Waals surface area contributed by atoms with Crippen LogP contribution in [0.25, 0.3) is 11.0 Å². The predicted octanol–water partition coefficient (Wildman–Crippen LogP) is 2.46. The summed E-state index contributed by atoms with van der Waals surface area (Å²) in [4.78, 5) is 0. The summed E-state index contributed by atoms with van der Waals surface area (Å²) in [7, 11) is 0. The molecule has 4 heteroatoms. The van der Waals surface area contributed by atoms with Gasteiger partial charge >= 0.3 is 0 Å². The molecule has 2 rings (SSSR count). The maximum absolute atomic E-state index is 9.12. The van der Waals surface area contributed by atoms with Gasteiger partial charge in [0, 0.05) is 0 Å². The van der Waals surface area contributed by atoms with Crippen LogP contribution in [0.5, 0.6) is 0 Å². The van der Waals surface area contributed by atoms with Gasteiger partial charge in [-0.15, -0.1) is 5.10 Å². The van der Waals surface area contributed by atoms with E-state index >= 15 is 0 Å². The molecule has 1 aromatic carbocycles. The molecular formula is C12H12N4. The molecule has 0 saturated carbocycles. The van der Waals surface area contributed by atoms with Crippen molar-refractivity contribution < 1.29 is 0 Å². The van der Waals surface area contributed by atoms with E-state index in [4.69, 9.17) is 5.26 Å². The zero-order valence-electron chi connectivity index (χ0n) is 9.25. The van der Waals surface area contributed by atoms with Gasteiger partial charge in [-0.25, -0.2) is 4.68 Å². The van der Waals surface area contributed by atoms with E-state index in [-0.39, 0.29) is 0 Å². The Kier molecular flexibility index (Phi) is 2.69. The molecule has 1 unspecified atom stereocenters. The van der Waals surface area contributed by atoms with Gasteiger partial charge in [0.05, 0.1) is 11.6 Å². The summed E-state index contributed by atoms with van der Waals surface area (Å²) in [5.74, 6) is 0. The highest BCUT2D eigenvalue weighted by Gasteiger charge is 2.11. The van der Waals surface area contributed by atoms with Crippen molar-refractivity contribution in [2.75, 3.05) is 0 Å². The van der Waals surface area contributed by atoms with Crippen LogP contribution in [0.1, 0.15) is 19.9 Å². The molecule has 1 heterocycles. The first-order valence-corrected chi connectivity index (χ1v) is 5.07. The fourth-order valence-electron chi connectivity index (χ4n) is 1.57. The number of hydrogen-bond donors (Lipinski definition) is 0. The number of para-hydroxylation sites is 1. The van der Waals surface area contributed by atoms with Gasteiger partial charge in [0.2, 0.25) is 0 Å². The third-order valence-corrected chi connectivity index (χ3v) is 2.26. The monoisotopic (exact) mass is 212 g/mol. The minimum atomic E-state index is -0.391. The van der Waals surface area contributed by atoms with Crippen LogP contribution in [0.15, 0.2) is 35.9 Å². The summed E-state index contributed by atoms with van der Waals surface area (Å²) >= 11 is 0. The molecule has 0 aliphatic rings. The average Bonchev–Trinajstić information content (AvgIpc) is 2.69. The lowest BCUT2D eigenvalue weighted by Crippen LogP contribution is -2.06. The molecule has 0 saturated heterocycles. The zero-order chi connectivity index (χ0) is 11.5. The molecule has 0 radical (unpaired) electrons. The number of benzene rings is 1. The maximum atomic E-state index is 9.12. The molecule has 0 spiro atoms. The van der Waals surface area contributed by atoms with Gasteiger partial charge in [0.25, 0.3) is 0 Å². The lowest BCUT2D eigenvalue weighted by molar-refractivity contribution is 0.624. The molecule has 16 heavy (non-hydrogen) atoms. The fourth-order valence-corrected chi connectivity index (χ4v) is 1.57. The van der Waals surface area contributed by atoms with E-state index in [1.54, 1.807) is 4.68 Å². The van der Waals surface area contributed by atoms with Gasteiger partial charge in [0.1, 0.15) is 5.52 Å². The van der Waals surface area contributed by atoms with E-state index in [9.17, 15) is 0 Å². The first-order chi connectivity index (χ1) is 7.72. The topological polar surface area (TPSA) is 54.5 Å². The summed E-state index contributed by atoms with van der Waals surface area (Å²) < 4.78 is 1.64. The number of rotatable bonds is 2. The molecule has 0 N–H and O–H groups in total. The number of nitrogens with zero attached hydrogens (tertiary/aromatic N) is 4. The second-order valence-corrected chi connectivity index (χ2v) is 3.84. The molecule has 2 aromatic rings. The van der Waals surface area contributed by atoms with E-state index in [2.05, 4.69) is 16.4 Å². The second-order valence-electron chi connectivity index (χ2n) is 3.84. The largest absolute Gasteiger partial charge is 0.223 e. The smallest absolute Gasteiger partial charge is 0.159 e. The van der Waals surface area contributed by atoms with Crippen molar-refractivity contribution in [1.29, 1.82) is 5.26 Å². The molecule has 0 amide bonds. The quantitative estimate of drug-likeness (QED) is 0.718. The highest BCUT2D eigenvalue weighted by atomic mass is 15.4. The molecule has 1 aromatic heterocycles. The Hall–Kier alpha value is -2.15. The van der Waals surface area contributed by atoms with Crippen LogP contribution in [-0.4, -0.2) is 15.0 Å². The molecule has 1 atom stereocenters. The Morgan fingerprint density at radius 2 is 2.19 bits per heavy atom. The van der Waals surface area contributed by atoms with Crippen molar-refractivity contribution in [1.82, 2.24) is 15.0 Å². The Balaban J connectivity index is 2.55. The van der Waals surface area contributed by atoms with Crippen molar-refractivity contribution in [2.24, 2.45) is 0 Å². The van der Waals surface area contributed by atoms with Gasteiger partial charge < -0.3 is 0 Å². The van der Waals surface area contributed by atoms with E-state index in [0.717, 1.165) is 16.6 Å². The third-order valence-electron chi connectivity index (χ3n) is 2.26. The number of fused-ring (bicyclic) bond motifs is 1. The molecule has 4 nitrogen and oxygen atoms in total. The first-order valence-electron chi connectivity index (χ1n) is 5.07. The normalized spacial score (nSPS) is 12.1.